The molecule has 134 valence electrons. The number of ether oxygens (including phenoxy) is 1. The van der Waals surface area contributed by atoms with E-state index in [2.05, 4.69) is 26.6 Å². The van der Waals surface area contributed by atoms with Gasteiger partial charge in [-0.3, -0.25) is 4.90 Å². The molecule has 0 bridgehead atoms. The number of hydrogen-bond acceptors (Lipinski definition) is 6. The summed E-state index contributed by atoms with van der Waals surface area (Å²) in [6, 6.07) is 8.65. The van der Waals surface area contributed by atoms with Crippen LogP contribution in [0.15, 0.2) is 47.6 Å². The molecular weight excluding hydrogens is 340 g/mol. The maximum atomic E-state index is 12.3. The Morgan fingerprint density at radius 2 is 1.80 bits per heavy atom. The summed E-state index contributed by atoms with van der Waals surface area (Å²) in [5.41, 5.74) is 0.941. The zero-order valence-electron chi connectivity index (χ0n) is 14.1. The monoisotopic (exact) mass is 362 g/mol. The first kappa shape index (κ1) is 17.8. The summed E-state index contributed by atoms with van der Waals surface area (Å²) in [4.78, 5) is 10.7. The standard InChI is InChI=1S/C17H22N4O3S/c1-21(15-7-9-24-10-8-15)13-14-11-18-17(19-12-14)20-25(22,23)16-5-3-2-4-6-16/h2-6,11-12,15H,7-10,13H2,1H3,(H,18,19,20). The molecule has 0 aliphatic carbocycles. The third-order valence-corrected chi connectivity index (χ3v) is 5.57. The minimum atomic E-state index is -3.67. The van der Waals surface area contributed by atoms with Crippen LogP contribution in [-0.4, -0.2) is 49.6 Å². The average molecular weight is 362 g/mol. The molecule has 0 radical (unpaired) electrons. The van der Waals surface area contributed by atoms with E-state index < -0.39 is 10.0 Å². The lowest BCUT2D eigenvalue weighted by atomic mass is 10.1. The molecule has 8 heteroatoms. The van der Waals surface area contributed by atoms with Gasteiger partial charge in [0.1, 0.15) is 0 Å². The van der Waals surface area contributed by atoms with Gasteiger partial charge in [-0.2, -0.15) is 0 Å². The van der Waals surface area contributed by atoms with Crippen LogP contribution >= 0.6 is 0 Å². The van der Waals surface area contributed by atoms with E-state index in [4.69, 9.17) is 4.74 Å². The highest BCUT2D eigenvalue weighted by Gasteiger charge is 2.19. The SMILES string of the molecule is CN(Cc1cnc(NS(=O)(=O)c2ccccc2)nc1)C1CCOCC1. The number of benzene rings is 1. The molecule has 0 atom stereocenters. The van der Waals surface area contributed by atoms with Gasteiger partial charge in [-0.1, -0.05) is 18.2 Å². The fourth-order valence-electron chi connectivity index (χ4n) is 2.81. The van der Waals surface area contributed by atoms with Crippen molar-refractivity contribution in [3.63, 3.8) is 0 Å². The van der Waals surface area contributed by atoms with Gasteiger partial charge in [-0.15, -0.1) is 0 Å². The summed E-state index contributed by atoms with van der Waals surface area (Å²) >= 11 is 0. The van der Waals surface area contributed by atoms with Crippen LogP contribution in [0.1, 0.15) is 18.4 Å². The number of nitrogens with zero attached hydrogens (tertiary/aromatic N) is 3. The molecule has 1 aromatic carbocycles. The van der Waals surface area contributed by atoms with Crippen LogP contribution < -0.4 is 4.72 Å². The first-order chi connectivity index (χ1) is 12.0. The molecular formula is C17H22N4O3S. The molecule has 1 aliphatic heterocycles. The second-order valence-electron chi connectivity index (χ2n) is 6.09. The van der Waals surface area contributed by atoms with Crippen LogP contribution in [0.3, 0.4) is 0 Å². The van der Waals surface area contributed by atoms with Crippen LogP contribution in [-0.2, 0) is 21.3 Å². The Bertz CT molecular complexity index is 775. The number of anilines is 1. The number of aromatic nitrogens is 2. The van der Waals surface area contributed by atoms with E-state index in [1.165, 1.54) is 12.1 Å². The fourth-order valence-corrected chi connectivity index (χ4v) is 3.79. The quantitative estimate of drug-likeness (QED) is 0.845. The normalized spacial score (nSPS) is 16.1. The fraction of sp³-hybridized carbons (Fsp3) is 0.412. The first-order valence-corrected chi connectivity index (χ1v) is 9.70. The van der Waals surface area contributed by atoms with Crippen LogP contribution in [0.5, 0.6) is 0 Å². The van der Waals surface area contributed by atoms with E-state index in [0.717, 1.165) is 38.2 Å². The zero-order valence-corrected chi connectivity index (χ0v) is 14.9. The molecule has 1 aliphatic rings. The summed E-state index contributed by atoms with van der Waals surface area (Å²) in [5, 5.41) is 0. The highest BCUT2D eigenvalue weighted by atomic mass is 32.2. The lowest BCUT2D eigenvalue weighted by Crippen LogP contribution is -2.36. The molecule has 1 saturated heterocycles. The van der Waals surface area contributed by atoms with Gasteiger partial charge in [0.2, 0.25) is 5.95 Å². The molecule has 0 spiro atoms. The Kier molecular flexibility index (Phi) is 5.62. The molecule has 1 N–H and O–H groups in total. The van der Waals surface area contributed by atoms with Crippen molar-refractivity contribution in [3.05, 3.63) is 48.3 Å². The molecule has 0 saturated carbocycles. The van der Waals surface area contributed by atoms with Crippen molar-refractivity contribution in [1.82, 2.24) is 14.9 Å². The summed E-state index contributed by atoms with van der Waals surface area (Å²) < 4.78 is 32.3. The Balaban J connectivity index is 1.62. The van der Waals surface area contributed by atoms with Gasteiger partial charge in [-0.25, -0.2) is 23.1 Å². The van der Waals surface area contributed by atoms with E-state index in [0.29, 0.717) is 6.04 Å². The van der Waals surface area contributed by atoms with Crippen molar-refractivity contribution in [1.29, 1.82) is 0 Å². The van der Waals surface area contributed by atoms with E-state index in [1.54, 1.807) is 30.6 Å². The average Bonchev–Trinajstić information content (AvgIpc) is 2.64. The summed E-state index contributed by atoms with van der Waals surface area (Å²) in [6.45, 7) is 2.31. The highest BCUT2D eigenvalue weighted by Crippen LogP contribution is 2.16. The van der Waals surface area contributed by atoms with E-state index in [9.17, 15) is 8.42 Å². The first-order valence-electron chi connectivity index (χ1n) is 8.21. The predicted octanol–water partition coefficient (Wildman–Crippen LogP) is 1.89. The van der Waals surface area contributed by atoms with Crippen molar-refractivity contribution in [2.45, 2.75) is 30.3 Å². The predicted molar refractivity (Wildman–Crippen MR) is 94.6 cm³/mol. The third-order valence-electron chi connectivity index (χ3n) is 4.23. The van der Waals surface area contributed by atoms with E-state index >= 15 is 0 Å². The molecule has 0 amide bonds. The molecule has 25 heavy (non-hydrogen) atoms. The highest BCUT2D eigenvalue weighted by molar-refractivity contribution is 7.92. The van der Waals surface area contributed by atoms with Gasteiger partial charge < -0.3 is 4.74 Å². The second-order valence-corrected chi connectivity index (χ2v) is 7.77. The smallest absolute Gasteiger partial charge is 0.264 e. The number of rotatable bonds is 6. The van der Waals surface area contributed by atoms with Crippen molar-refractivity contribution >= 4 is 16.0 Å². The van der Waals surface area contributed by atoms with Gasteiger partial charge in [0.15, 0.2) is 0 Å². The van der Waals surface area contributed by atoms with Crippen LogP contribution in [0, 0.1) is 0 Å². The number of hydrogen-bond donors (Lipinski definition) is 1. The lowest BCUT2D eigenvalue weighted by molar-refractivity contribution is 0.0406. The van der Waals surface area contributed by atoms with Crippen molar-refractivity contribution in [2.75, 3.05) is 25.0 Å². The van der Waals surface area contributed by atoms with Crippen molar-refractivity contribution in [2.24, 2.45) is 0 Å². The van der Waals surface area contributed by atoms with Gasteiger partial charge in [0.05, 0.1) is 4.90 Å². The Hall–Kier alpha value is -2.03. The maximum Gasteiger partial charge on any atom is 0.264 e. The minimum absolute atomic E-state index is 0.0707. The third kappa shape index (κ3) is 4.75. The van der Waals surface area contributed by atoms with Gasteiger partial charge in [0.25, 0.3) is 10.0 Å². The maximum absolute atomic E-state index is 12.3. The van der Waals surface area contributed by atoms with Crippen molar-refractivity contribution < 1.29 is 13.2 Å². The van der Waals surface area contributed by atoms with Gasteiger partial charge in [-0.05, 0) is 32.0 Å². The molecule has 1 aromatic heterocycles. The Labute approximate surface area is 148 Å². The Morgan fingerprint density at radius 3 is 2.44 bits per heavy atom. The van der Waals surface area contributed by atoms with E-state index in [1.807, 2.05) is 0 Å². The molecule has 0 unspecified atom stereocenters. The van der Waals surface area contributed by atoms with Crippen LogP contribution in [0.4, 0.5) is 5.95 Å². The van der Waals surface area contributed by atoms with Crippen molar-refractivity contribution in [3.8, 4) is 0 Å². The second kappa shape index (κ2) is 7.90. The molecule has 7 nitrogen and oxygen atoms in total. The Morgan fingerprint density at radius 1 is 1.16 bits per heavy atom. The summed E-state index contributed by atoms with van der Waals surface area (Å²) in [6.07, 6.45) is 5.36. The van der Waals surface area contributed by atoms with Gasteiger partial charge >= 0.3 is 0 Å². The van der Waals surface area contributed by atoms with E-state index in [-0.39, 0.29) is 10.8 Å². The zero-order chi connectivity index (χ0) is 17.7. The molecule has 2 aromatic rings. The van der Waals surface area contributed by atoms with Crippen LogP contribution in [0.2, 0.25) is 0 Å². The lowest BCUT2D eigenvalue weighted by Gasteiger charge is -2.31. The number of sulfonamides is 1. The summed E-state index contributed by atoms with van der Waals surface area (Å²) in [7, 11) is -1.59. The minimum Gasteiger partial charge on any atom is -0.381 e. The largest absolute Gasteiger partial charge is 0.381 e. The number of nitrogens with one attached hydrogen (secondary N) is 1. The summed E-state index contributed by atoms with van der Waals surface area (Å²) in [5.74, 6) is 0.0707. The topological polar surface area (TPSA) is 84.4 Å². The molecule has 2 heterocycles. The van der Waals surface area contributed by atoms with Gasteiger partial charge in [0, 0.05) is 43.8 Å². The molecule has 3 rings (SSSR count). The van der Waals surface area contributed by atoms with Crippen LogP contribution in [0.25, 0.3) is 0 Å². The molecule has 1 fully saturated rings.